The predicted octanol–water partition coefficient (Wildman–Crippen LogP) is 0.348. The minimum Gasteiger partial charge on any atom is -0.480 e. The number of hydrogen-bond donors (Lipinski definition) is 2. The molecular formula is C11H16N2O5S2. The molecule has 0 bridgehead atoms. The summed E-state index contributed by atoms with van der Waals surface area (Å²) >= 11 is 1.04. The summed E-state index contributed by atoms with van der Waals surface area (Å²) in [6.45, 7) is 2.39. The third kappa shape index (κ3) is 4.58. The van der Waals surface area contributed by atoms with Gasteiger partial charge in [0.2, 0.25) is 5.91 Å². The molecule has 0 aliphatic rings. The molecule has 0 saturated heterocycles. The Morgan fingerprint density at radius 2 is 2.10 bits per heavy atom. The molecule has 9 heteroatoms. The number of sulfonamides is 1. The highest BCUT2D eigenvalue weighted by molar-refractivity contribution is 7.91. The van der Waals surface area contributed by atoms with Crippen LogP contribution < -0.4 is 4.72 Å². The van der Waals surface area contributed by atoms with Crippen LogP contribution in [0.2, 0.25) is 0 Å². The number of carbonyl (C=O) groups is 2. The van der Waals surface area contributed by atoms with Gasteiger partial charge in [0.25, 0.3) is 10.0 Å². The van der Waals surface area contributed by atoms with Crippen molar-refractivity contribution in [2.75, 3.05) is 13.1 Å². The molecule has 0 radical (unpaired) electrons. The number of rotatable bonds is 7. The van der Waals surface area contributed by atoms with Crippen LogP contribution in [0.5, 0.6) is 0 Å². The summed E-state index contributed by atoms with van der Waals surface area (Å²) in [7, 11) is -3.73. The Kier molecular flexibility index (Phi) is 5.66. The second-order valence-electron chi connectivity index (χ2n) is 4.27. The average Bonchev–Trinajstić information content (AvgIpc) is 2.87. The van der Waals surface area contributed by atoms with Crippen molar-refractivity contribution in [2.24, 2.45) is 0 Å². The van der Waals surface area contributed by atoms with E-state index in [2.05, 4.69) is 4.72 Å². The van der Waals surface area contributed by atoms with Gasteiger partial charge in [0.15, 0.2) is 0 Å². The molecule has 1 aromatic rings. The van der Waals surface area contributed by atoms with E-state index in [-0.39, 0.29) is 10.3 Å². The standard InChI is InChI=1S/C11H16N2O5S2/c1-8(2)13(7-10(15)16)9(14)6-12-20(17,18)11-4-3-5-19-11/h3-5,8,12H,6-7H2,1-2H3,(H,15,16). The van der Waals surface area contributed by atoms with Gasteiger partial charge in [-0.2, -0.15) is 0 Å². The van der Waals surface area contributed by atoms with E-state index in [4.69, 9.17) is 5.11 Å². The molecule has 0 atom stereocenters. The number of thiophene rings is 1. The first-order valence-corrected chi connectivity index (χ1v) is 8.14. The van der Waals surface area contributed by atoms with Crippen molar-refractivity contribution in [3.63, 3.8) is 0 Å². The van der Waals surface area contributed by atoms with Crippen molar-refractivity contribution < 1.29 is 23.1 Å². The molecule has 1 aromatic heterocycles. The number of aliphatic carboxylic acids is 1. The van der Waals surface area contributed by atoms with Gasteiger partial charge in [-0.1, -0.05) is 6.07 Å². The number of nitrogens with one attached hydrogen (secondary N) is 1. The van der Waals surface area contributed by atoms with Crippen LogP contribution in [0.15, 0.2) is 21.7 Å². The lowest BCUT2D eigenvalue weighted by atomic mass is 10.3. The molecule has 0 aliphatic carbocycles. The summed E-state index contributed by atoms with van der Waals surface area (Å²) in [5.74, 6) is -1.73. The van der Waals surface area contributed by atoms with E-state index < -0.39 is 35.0 Å². The molecule has 0 spiro atoms. The zero-order chi connectivity index (χ0) is 15.3. The lowest BCUT2D eigenvalue weighted by molar-refractivity contribution is -0.145. The van der Waals surface area contributed by atoms with Crippen molar-refractivity contribution in [1.82, 2.24) is 9.62 Å². The number of hydrogen-bond acceptors (Lipinski definition) is 5. The molecule has 0 aliphatic heterocycles. The quantitative estimate of drug-likeness (QED) is 0.754. The summed E-state index contributed by atoms with van der Waals surface area (Å²) < 4.78 is 25.9. The van der Waals surface area contributed by atoms with E-state index in [1.54, 1.807) is 25.3 Å². The Balaban J connectivity index is 2.68. The Morgan fingerprint density at radius 3 is 2.55 bits per heavy atom. The molecule has 0 saturated carbocycles. The summed E-state index contributed by atoms with van der Waals surface area (Å²) in [6, 6.07) is 2.69. The van der Waals surface area contributed by atoms with Gasteiger partial charge in [0.1, 0.15) is 10.8 Å². The second-order valence-corrected chi connectivity index (χ2v) is 7.21. The minimum absolute atomic E-state index is 0.111. The Hall–Kier alpha value is -1.45. The van der Waals surface area contributed by atoms with Gasteiger partial charge in [-0.25, -0.2) is 13.1 Å². The van der Waals surface area contributed by atoms with Crippen LogP contribution in [0.1, 0.15) is 13.8 Å². The molecule has 2 N–H and O–H groups in total. The van der Waals surface area contributed by atoms with Crippen LogP contribution in [0, 0.1) is 0 Å². The van der Waals surface area contributed by atoms with Gasteiger partial charge in [0.05, 0.1) is 6.54 Å². The minimum atomic E-state index is -3.73. The van der Waals surface area contributed by atoms with E-state index in [0.717, 1.165) is 16.2 Å². The van der Waals surface area contributed by atoms with Gasteiger partial charge >= 0.3 is 5.97 Å². The summed E-state index contributed by atoms with van der Waals surface area (Å²) in [5, 5.41) is 10.3. The monoisotopic (exact) mass is 320 g/mol. The highest BCUT2D eigenvalue weighted by Gasteiger charge is 2.22. The van der Waals surface area contributed by atoms with Crippen LogP contribution in [0.25, 0.3) is 0 Å². The Labute approximate surface area is 121 Å². The molecule has 0 fully saturated rings. The number of carboxylic acids is 1. The molecule has 112 valence electrons. The van der Waals surface area contributed by atoms with Crippen molar-refractivity contribution in [1.29, 1.82) is 0 Å². The fraction of sp³-hybridized carbons (Fsp3) is 0.455. The molecular weight excluding hydrogens is 304 g/mol. The van der Waals surface area contributed by atoms with E-state index >= 15 is 0 Å². The van der Waals surface area contributed by atoms with Gasteiger partial charge < -0.3 is 10.0 Å². The Bertz CT molecular complexity index is 566. The number of amides is 1. The van der Waals surface area contributed by atoms with E-state index in [1.807, 2.05) is 0 Å². The summed E-state index contributed by atoms with van der Waals surface area (Å²) in [6.07, 6.45) is 0. The first kappa shape index (κ1) is 16.6. The number of carbonyl (C=O) groups excluding carboxylic acids is 1. The van der Waals surface area contributed by atoms with E-state index in [1.165, 1.54) is 6.07 Å². The number of nitrogens with zero attached hydrogens (tertiary/aromatic N) is 1. The summed E-state index contributed by atoms with van der Waals surface area (Å²) in [4.78, 5) is 23.6. The average molecular weight is 320 g/mol. The molecule has 1 heterocycles. The first-order chi connectivity index (χ1) is 9.24. The maximum absolute atomic E-state index is 11.9. The lowest BCUT2D eigenvalue weighted by Crippen LogP contribution is -2.45. The molecule has 1 rings (SSSR count). The van der Waals surface area contributed by atoms with Gasteiger partial charge in [0, 0.05) is 6.04 Å². The lowest BCUT2D eigenvalue weighted by Gasteiger charge is -2.24. The van der Waals surface area contributed by atoms with Crippen LogP contribution >= 0.6 is 11.3 Å². The maximum atomic E-state index is 11.9. The highest BCUT2D eigenvalue weighted by atomic mass is 32.2. The van der Waals surface area contributed by atoms with Gasteiger partial charge in [-0.15, -0.1) is 11.3 Å². The summed E-state index contributed by atoms with van der Waals surface area (Å²) in [5.41, 5.74) is 0. The topological polar surface area (TPSA) is 104 Å². The third-order valence-electron chi connectivity index (χ3n) is 2.42. The van der Waals surface area contributed by atoms with Crippen LogP contribution in [-0.4, -0.2) is 49.4 Å². The zero-order valence-electron chi connectivity index (χ0n) is 11.1. The van der Waals surface area contributed by atoms with Crippen LogP contribution in [0.4, 0.5) is 0 Å². The molecule has 7 nitrogen and oxygen atoms in total. The SMILES string of the molecule is CC(C)N(CC(=O)O)C(=O)CNS(=O)(=O)c1cccs1. The van der Waals surface area contributed by atoms with Crippen molar-refractivity contribution in [3.8, 4) is 0 Å². The predicted molar refractivity (Wildman–Crippen MR) is 74.0 cm³/mol. The second kappa shape index (κ2) is 6.82. The van der Waals surface area contributed by atoms with Crippen molar-refractivity contribution in [2.45, 2.75) is 24.1 Å². The number of carboxylic acid groups (broad SMARTS) is 1. The molecule has 0 aromatic carbocycles. The van der Waals surface area contributed by atoms with E-state index in [9.17, 15) is 18.0 Å². The molecule has 0 unspecified atom stereocenters. The largest absolute Gasteiger partial charge is 0.480 e. The normalized spacial score (nSPS) is 11.6. The van der Waals surface area contributed by atoms with Crippen molar-refractivity contribution >= 4 is 33.2 Å². The van der Waals surface area contributed by atoms with Crippen LogP contribution in [-0.2, 0) is 19.6 Å². The van der Waals surface area contributed by atoms with E-state index in [0.29, 0.717) is 0 Å². The third-order valence-corrected chi connectivity index (χ3v) is 5.22. The van der Waals surface area contributed by atoms with Crippen molar-refractivity contribution in [3.05, 3.63) is 17.5 Å². The highest BCUT2D eigenvalue weighted by Crippen LogP contribution is 2.15. The van der Waals surface area contributed by atoms with Crippen LogP contribution in [0.3, 0.4) is 0 Å². The molecule has 20 heavy (non-hydrogen) atoms. The smallest absolute Gasteiger partial charge is 0.323 e. The zero-order valence-corrected chi connectivity index (χ0v) is 12.7. The fourth-order valence-electron chi connectivity index (χ4n) is 1.45. The fourth-order valence-corrected chi connectivity index (χ4v) is 3.46. The maximum Gasteiger partial charge on any atom is 0.323 e. The van der Waals surface area contributed by atoms with Gasteiger partial charge in [-0.05, 0) is 25.3 Å². The Morgan fingerprint density at radius 1 is 1.45 bits per heavy atom. The first-order valence-electron chi connectivity index (χ1n) is 5.78. The van der Waals surface area contributed by atoms with Gasteiger partial charge in [-0.3, -0.25) is 9.59 Å². The molecule has 1 amide bonds.